The van der Waals surface area contributed by atoms with Gasteiger partial charge in [-0.3, -0.25) is 4.72 Å². The molecule has 0 spiro atoms. The van der Waals surface area contributed by atoms with E-state index in [1.165, 1.54) is 55.7 Å². The number of benzene rings is 2. The largest absolute Gasteiger partial charge is 0.495 e. The molecule has 0 saturated carbocycles. The lowest BCUT2D eigenvalue weighted by molar-refractivity contribution is 0.250. The topological polar surface area (TPSA) is 127 Å². The lowest BCUT2D eigenvalue weighted by Gasteiger charge is -2.24. The summed E-state index contributed by atoms with van der Waals surface area (Å²) in [6.45, 7) is 1.65. The number of sulfonamides is 1. The van der Waals surface area contributed by atoms with E-state index in [0.717, 1.165) is 6.20 Å². The Balaban J connectivity index is 1.75. The van der Waals surface area contributed by atoms with Crippen molar-refractivity contribution in [1.82, 2.24) is 15.5 Å². The molecular formula is C24H21ClFN5O5S. The first-order valence-electron chi connectivity index (χ1n) is 10.7. The van der Waals surface area contributed by atoms with Gasteiger partial charge >= 0.3 is 6.03 Å². The molecule has 0 saturated heterocycles. The van der Waals surface area contributed by atoms with Crippen molar-refractivity contribution in [2.75, 3.05) is 23.8 Å². The van der Waals surface area contributed by atoms with E-state index >= 15 is 0 Å². The third kappa shape index (κ3) is 5.34. The van der Waals surface area contributed by atoms with Gasteiger partial charge in [-0.1, -0.05) is 28.9 Å². The van der Waals surface area contributed by atoms with Crippen LogP contribution in [-0.2, 0) is 10.0 Å². The standard InChI is InChI=1S/C24H21ClFN5O5S/c1-14-4-5-15(10-19(14)26)17-11-21(35-3)20(12-18(17)25)31(24(32)27-2)23-7-6-16(13-28-23)37(33,34)30-22-8-9-36-29-22/h4-13H,1-3H3,(H,27,32)(H,29,30). The molecule has 13 heteroatoms. The van der Waals surface area contributed by atoms with E-state index in [-0.39, 0.29) is 38.8 Å². The number of carbonyl (C=O) groups is 1. The van der Waals surface area contributed by atoms with Gasteiger partial charge in [0.05, 0.1) is 17.8 Å². The second-order valence-electron chi connectivity index (χ2n) is 7.70. The van der Waals surface area contributed by atoms with Gasteiger partial charge in [0.1, 0.15) is 28.5 Å². The minimum atomic E-state index is -4.01. The van der Waals surface area contributed by atoms with Crippen LogP contribution in [0.2, 0.25) is 5.02 Å². The molecule has 4 rings (SSSR count). The molecule has 2 aromatic carbocycles. The SMILES string of the molecule is CNC(=O)N(c1ccc(S(=O)(=O)Nc2ccon2)cn1)c1cc(Cl)c(-c2ccc(C)c(F)c2)cc1OC. The number of pyridine rings is 1. The smallest absolute Gasteiger partial charge is 0.327 e. The first-order valence-corrected chi connectivity index (χ1v) is 12.6. The summed E-state index contributed by atoms with van der Waals surface area (Å²) in [6, 6.07) is 11.2. The molecule has 0 aliphatic heterocycles. The van der Waals surface area contributed by atoms with Gasteiger partial charge in [-0.05, 0) is 48.4 Å². The van der Waals surface area contributed by atoms with Gasteiger partial charge in [-0.15, -0.1) is 0 Å². The average Bonchev–Trinajstić information content (AvgIpc) is 3.38. The Morgan fingerprint density at radius 2 is 1.95 bits per heavy atom. The molecule has 37 heavy (non-hydrogen) atoms. The number of hydrogen-bond acceptors (Lipinski definition) is 7. The Labute approximate surface area is 217 Å². The van der Waals surface area contributed by atoms with Gasteiger partial charge in [0.15, 0.2) is 5.82 Å². The molecule has 2 heterocycles. The van der Waals surface area contributed by atoms with Crippen molar-refractivity contribution >= 4 is 45.0 Å². The van der Waals surface area contributed by atoms with Crippen LogP contribution in [0.25, 0.3) is 11.1 Å². The second kappa shape index (κ2) is 10.4. The van der Waals surface area contributed by atoms with Gasteiger partial charge in [-0.2, -0.15) is 0 Å². The van der Waals surface area contributed by atoms with E-state index in [9.17, 15) is 17.6 Å². The van der Waals surface area contributed by atoms with E-state index in [1.807, 2.05) is 0 Å². The number of amides is 2. The minimum absolute atomic E-state index is 0.00369. The predicted molar refractivity (Wildman–Crippen MR) is 136 cm³/mol. The second-order valence-corrected chi connectivity index (χ2v) is 9.79. The monoisotopic (exact) mass is 545 g/mol. The molecule has 2 aromatic heterocycles. The van der Waals surface area contributed by atoms with Crippen LogP contribution in [0.15, 0.2) is 70.4 Å². The fourth-order valence-corrected chi connectivity index (χ4v) is 4.64. The number of halogens is 2. The number of urea groups is 1. The van der Waals surface area contributed by atoms with E-state index in [1.54, 1.807) is 25.1 Å². The Morgan fingerprint density at radius 1 is 1.16 bits per heavy atom. The fourth-order valence-electron chi connectivity index (χ4n) is 3.44. The molecule has 192 valence electrons. The van der Waals surface area contributed by atoms with E-state index in [0.29, 0.717) is 16.7 Å². The van der Waals surface area contributed by atoms with E-state index in [2.05, 4.69) is 24.7 Å². The highest BCUT2D eigenvalue weighted by molar-refractivity contribution is 7.92. The normalized spacial score (nSPS) is 11.2. The molecule has 0 radical (unpaired) electrons. The zero-order valence-corrected chi connectivity index (χ0v) is 21.4. The molecule has 0 atom stereocenters. The molecule has 0 bridgehead atoms. The Bertz CT molecular complexity index is 1550. The summed E-state index contributed by atoms with van der Waals surface area (Å²) in [4.78, 5) is 18.1. The Hall–Kier alpha value is -4.16. The van der Waals surface area contributed by atoms with Crippen LogP contribution >= 0.6 is 11.6 Å². The number of methoxy groups -OCH3 is 1. The van der Waals surface area contributed by atoms with Gasteiger partial charge in [-0.25, -0.2) is 27.5 Å². The van der Waals surface area contributed by atoms with Crippen molar-refractivity contribution in [2.45, 2.75) is 11.8 Å². The number of ether oxygens (including phenoxy) is 1. The summed E-state index contributed by atoms with van der Waals surface area (Å²) in [7, 11) is -1.18. The van der Waals surface area contributed by atoms with Crippen molar-refractivity contribution in [3.8, 4) is 16.9 Å². The molecule has 10 nitrogen and oxygen atoms in total. The number of nitrogens with zero attached hydrogens (tertiary/aromatic N) is 3. The highest BCUT2D eigenvalue weighted by atomic mass is 35.5. The summed E-state index contributed by atoms with van der Waals surface area (Å²) in [5, 5.41) is 6.26. The molecule has 2 amide bonds. The van der Waals surface area contributed by atoms with Crippen molar-refractivity contribution < 1.29 is 26.9 Å². The van der Waals surface area contributed by atoms with Crippen molar-refractivity contribution in [1.29, 1.82) is 0 Å². The number of anilines is 3. The average molecular weight is 546 g/mol. The highest BCUT2D eigenvalue weighted by Gasteiger charge is 2.25. The zero-order valence-electron chi connectivity index (χ0n) is 19.8. The predicted octanol–water partition coefficient (Wildman–Crippen LogP) is 5.12. The van der Waals surface area contributed by atoms with Crippen molar-refractivity contribution in [3.63, 3.8) is 0 Å². The lowest BCUT2D eigenvalue weighted by atomic mass is 10.0. The number of carbonyl (C=O) groups excluding carboxylic acids is 1. The van der Waals surface area contributed by atoms with Crippen LogP contribution < -0.4 is 19.7 Å². The summed E-state index contributed by atoms with van der Waals surface area (Å²) in [5.41, 5.74) is 1.73. The van der Waals surface area contributed by atoms with Gasteiger partial charge in [0, 0.05) is 24.9 Å². The lowest BCUT2D eigenvalue weighted by Crippen LogP contribution is -2.35. The van der Waals surface area contributed by atoms with E-state index in [4.69, 9.17) is 16.3 Å². The Kier molecular flexibility index (Phi) is 7.32. The molecule has 4 aromatic rings. The van der Waals surface area contributed by atoms with Gasteiger partial charge < -0.3 is 14.6 Å². The van der Waals surface area contributed by atoms with Crippen LogP contribution in [0.4, 0.5) is 26.5 Å². The van der Waals surface area contributed by atoms with Crippen LogP contribution in [0, 0.1) is 12.7 Å². The third-order valence-corrected chi connectivity index (χ3v) is 7.00. The maximum Gasteiger partial charge on any atom is 0.327 e. The number of hydrogen-bond donors (Lipinski definition) is 2. The van der Waals surface area contributed by atoms with Gasteiger partial charge in [0.2, 0.25) is 0 Å². The molecule has 0 unspecified atom stereocenters. The zero-order chi connectivity index (χ0) is 26.7. The Morgan fingerprint density at radius 3 is 2.54 bits per heavy atom. The minimum Gasteiger partial charge on any atom is -0.495 e. The summed E-state index contributed by atoms with van der Waals surface area (Å²) >= 11 is 6.56. The first-order chi connectivity index (χ1) is 17.6. The fraction of sp³-hybridized carbons (Fsp3) is 0.125. The van der Waals surface area contributed by atoms with Crippen molar-refractivity contribution in [2.24, 2.45) is 0 Å². The number of aryl methyl sites for hydroxylation is 1. The molecule has 0 fully saturated rings. The molecule has 0 aliphatic rings. The van der Waals surface area contributed by atoms with Crippen LogP contribution in [0.3, 0.4) is 0 Å². The summed E-state index contributed by atoms with van der Waals surface area (Å²) < 4.78 is 51.8. The summed E-state index contributed by atoms with van der Waals surface area (Å²) in [5.74, 6) is -0.0525. The number of rotatable bonds is 7. The van der Waals surface area contributed by atoms with Crippen LogP contribution in [-0.4, -0.2) is 38.7 Å². The maximum absolute atomic E-state index is 14.2. The first kappa shape index (κ1) is 25.9. The molecular weight excluding hydrogens is 525 g/mol. The van der Waals surface area contributed by atoms with Gasteiger partial charge in [0.25, 0.3) is 10.0 Å². The third-order valence-electron chi connectivity index (χ3n) is 5.35. The highest BCUT2D eigenvalue weighted by Crippen LogP contribution is 2.41. The summed E-state index contributed by atoms with van der Waals surface area (Å²) in [6.07, 6.45) is 2.31. The van der Waals surface area contributed by atoms with E-state index < -0.39 is 16.1 Å². The maximum atomic E-state index is 14.2. The number of aromatic nitrogens is 2. The molecule has 2 N–H and O–H groups in total. The van der Waals surface area contributed by atoms with Crippen LogP contribution in [0.1, 0.15) is 5.56 Å². The quantitative estimate of drug-likeness (QED) is 0.330. The van der Waals surface area contributed by atoms with Crippen molar-refractivity contribution in [3.05, 3.63) is 77.4 Å². The number of nitrogens with one attached hydrogen (secondary N) is 2. The van der Waals surface area contributed by atoms with Crippen LogP contribution in [0.5, 0.6) is 5.75 Å². The molecule has 0 aliphatic carbocycles.